The highest BCUT2D eigenvalue weighted by Crippen LogP contribution is 2.51. The number of carbonyl (C=O) groups excluding carboxylic acids is 1. The molecular formula is C25H28F2N6O2S. The van der Waals surface area contributed by atoms with E-state index >= 15 is 0 Å². The van der Waals surface area contributed by atoms with Gasteiger partial charge in [-0.15, -0.1) is 4.99 Å². The highest BCUT2D eigenvalue weighted by molar-refractivity contribution is 8.15. The van der Waals surface area contributed by atoms with Crippen molar-refractivity contribution in [2.45, 2.75) is 37.2 Å². The van der Waals surface area contributed by atoms with Crippen LogP contribution in [0.1, 0.15) is 37.8 Å². The zero-order chi connectivity index (χ0) is 26.3. The Hall–Kier alpha value is -3.49. The molecule has 1 heterocycles. The van der Waals surface area contributed by atoms with Crippen molar-refractivity contribution in [2.75, 3.05) is 20.7 Å². The highest BCUT2D eigenvalue weighted by Gasteiger charge is 2.51. The molecule has 0 aliphatic carbocycles. The molecular weight excluding hydrogens is 486 g/mol. The van der Waals surface area contributed by atoms with Crippen LogP contribution in [0.3, 0.4) is 0 Å². The minimum Gasteiger partial charge on any atom is -0.369 e. The first-order valence-corrected chi connectivity index (χ1v) is 12.1. The maximum Gasteiger partial charge on any atom is 0.275 e. The summed E-state index contributed by atoms with van der Waals surface area (Å²) in [6.07, 6.45) is 2.64. The predicted molar refractivity (Wildman–Crippen MR) is 136 cm³/mol. The number of methoxy groups -OCH3 is 1. The number of aliphatic imine (C=N–C) groups is 1. The lowest BCUT2D eigenvalue weighted by atomic mass is 9.98. The van der Waals surface area contributed by atoms with E-state index in [0.29, 0.717) is 25.3 Å². The van der Waals surface area contributed by atoms with Crippen LogP contribution in [-0.4, -0.2) is 48.2 Å². The fourth-order valence-electron chi connectivity index (χ4n) is 3.67. The van der Waals surface area contributed by atoms with Crippen LogP contribution in [0.4, 0.5) is 8.78 Å². The Morgan fingerprint density at radius 3 is 2.64 bits per heavy atom. The number of benzene rings is 2. The molecule has 2 aromatic rings. The van der Waals surface area contributed by atoms with Crippen molar-refractivity contribution in [3.8, 4) is 6.19 Å². The number of ether oxygens (including phenoxy) is 1. The molecule has 0 saturated heterocycles. The first-order valence-electron chi connectivity index (χ1n) is 11.3. The maximum atomic E-state index is 14.8. The molecule has 0 fully saturated rings. The topological polar surface area (TPSA) is 102 Å². The van der Waals surface area contributed by atoms with E-state index in [1.54, 1.807) is 27.1 Å². The van der Waals surface area contributed by atoms with Crippen molar-refractivity contribution in [1.82, 2.24) is 15.6 Å². The third kappa shape index (κ3) is 5.66. The van der Waals surface area contributed by atoms with Crippen LogP contribution in [0, 0.1) is 23.1 Å². The summed E-state index contributed by atoms with van der Waals surface area (Å²) in [6, 6.07) is 12.4. The second-order valence-corrected chi connectivity index (χ2v) is 9.72. The van der Waals surface area contributed by atoms with Crippen molar-refractivity contribution < 1.29 is 18.3 Å². The predicted octanol–water partition coefficient (Wildman–Crippen LogP) is 3.91. The number of amides is 1. The number of nitrogens with one attached hydrogen (secondary N) is 2. The van der Waals surface area contributed by atoms with Gasteiger partial charge in [-0.05, 0) is 50.5 Å². The van der Waals surface area contributed by atoms with Gasteiger partial charge in [-0.2, -0.15) is 10.4 Å². The van der Waals surface area contributed by atoms with Crippen LogP contribution in [0.15, 0.2) is 58.6 Å². The summed E-state index contributed by atoms with van der Waals surface area (Å²) >= 11 is 1.19. The molecule has 1 aliphatic heterocycles. The monoisotopic (exact) mass is 514 g/mol. The number of guanidine groups is 1. The molecule has 0 aromatic heterocycles. The minimum absolute atomic E-state index is 0.0254. The molecule has 8 nitrogen and oxygen atoms in total. The van der Waals surface area contributed by atoms with Gasteiger partial charge in [-0.1, -0.05) is 42.1 Å². The molecule has 11 heteroatoms. The molecule has 36 heavy (non-hydrogen) atoms. The maximum absolute atomic E-state index is 14.8. The number of rotatable bonds is 8. The summed E-state index contributed by atoms with van der Waals surface area (Å²) in [5.74, 6) is -1.36. The van der Waals surface area contributed by atoms with Crippen molar-refractivity contribution >= 4 is 28.7 Å². The summed E-state index contributed by atoms with van der Waals surface area (Å²) in [6.45, 7) is 3.69. The van der Waals surface area contributed by atoms with Gasteiger partial charge in [0.05, 0.1) is 0 Å². The van der Waals surface area contributed by atoms with Crippen LogP contribution < -0.4 is 10.6 Å². The molecule has 0 radical (unpaired) electrons. The van der Waals surface area contributed by atoms with E-state index in [1.807, 2.05) is 30.3 Å². The molecule has 190 valence electrons. The lowest BCUT2D eigenvalue weighted by Crippen LogP contribution is -2.51. The minimum atomic E-state index is -1.23. The van der Waals surface area contributed by atoms with Crippen LogP contribution in [-0.2, 0) is 14.4 Å². The van der Waals surface area contributed by atoms with E-state index in [1.165, 1.54) is 23.9 Å². The summed E-state index contributed by atoms with van der Waals surface area (Å²) < 4.78 is 34.3. The lowest BCUT2D eigenvalue weighted by molar-refractivity contribution is -0.155. The van der Waals surface area contributed by atoms with Crippen molar-refractivity contribution in [3.05, 3.63) is 71.3 Å². The molecule has 2 N–H and O–H groups in total. The van der Waals surface area contributed by atoms with Crippen molar-refractivity contribution in [3.63, 3.8) is 0 Å². The molecule has 1 atom stereocenters. The first-order chi connectivity index (χ1) is 17.2. The molecule has 3 rings (SSSR count). The standard InChI is InChI=1S/C25H28F2N6O2S/c1-24(2,35-4)22(34)33-25(17-9-6-5-7-10-17,13-8-14-30-23(29-3)31-16-28)36-21(32-33)19-15-18(26)11-12-20(19)27/h5-7,9-12,15H,8,13-14H2,1-4H3,(H2,29,30,31). The second-order valence-electron chi connectivity index (χ2n) is 8.45. The van der Waals surface area contributed by atoms with E-state index in [-0.39, 0.29) is 10.6 Å². The Morgan fingerprint density at radius 2 is 2.00 bits per heavy atom. The molecule has 0 bridgehead atoms. The first kappa shape index (κ1) is 27.1. The van der Waals surface area contributed by atoms with Gasteiger partial charge in [0.2, 0.25) is 12.2 Å². The number of nitrogens with zero attached hydrogens (tertiary/aromatic N) is 4. The number of halogens is 2. The smallest absolute Gasteiger partial charge is 0.275 e. The Balaban J connectivity index is 2.06. The fourth-order valence-corrected chi connectivity index (χ4v) is 5.09. The molecule has 0 spiro atoms. The van der Waals surface area contributed by atoms with E-state index in [9.17, 15) is 13.6 Å². The van der Waals surface area contributed by atoms with Crippen LogP contribution in [0.5, 0.6) is 0 Å². The van der Waals surface area contributed by atoms with Gasteiger partial charge in [-0.3, -0.25) is 4.79 Å². The van der Waals surface area contributed by atoms with Gasteiger partial charge >= 0.3 is 0 Å². The number of nitriles is 1. The van der Waals surface area contributed by atoms with E-state index in [2.05, 4.69) is 20.7 Å². The van der Waals surface area contributed by atoms with Crippen LogP contribution >= 0.6 is 11.8 Å². The van der Waals surface area contributed by atoms with Crippen LogP contribution in [0.2, 0.25) is 0 Å². The number of thioether (sulfide) groups is 1. The van der Waals surface area contributed by atoms with Crippen molar-refractivity contribution in [1.29, 1.82) is 5.26 Å². The summed E-state index contributed by atoms with van der Waals surface area (Å²) in [7, 11) is 3.07. The van der Waals surface area contributed by atoms with Gasteiger partial charge in [0.1, 0.15) is 27.2 Å². The normalized spacial score (nSPS) is 18.0. The van der Waals surface area contributed by atoms with Gasteiger partial charge in [0.25, 0.3) is 5.91 Å². The van der Waals surface area contributed by atoms with Gasteiger partial charge in [0.15, 0.2) is 0 Å². The Labute approximate surface area is 213 Å². The van der Waals surface area contributed by atoms with E-state index in [4.69, 9.17) is 10.00 Å². The average molecular weight is 515 g/mol. The summed E-state index contributed by atoms with van der Waals surface area (Å²) in [5, 5.41) is 20.7. The molecule has 2 aromatic carbocycles. The second kappa shape index (κ2) is 11.5. The summed E-state index contributed by atoms with van der Waals surface area (Å²) in [4.78, 5) is 16.3. The molecule has 1 unspecified atom stereocenters. The third-order valence-electron chi connectivity index (χ3n) is 5.78. The van der Waals surface area contributed by atoms with Gasteiger partial charge in [-0.25, -0.2) is 13.8 Å². The number of carbonyl (C=O) groups is 1. The molecule has 1 amide bonds. The van der Waals surface area contributed by atoms with Crippen LogP contribution in [0.25, 0.3) is 0 Å². The highest BCUT2D eigenvalue weighted by atomic mass is 32.2. The van der Waals surface area contributed by atoms with Crippen molar-refractivity contribution in [2.24, 2.45) is 10.1 Å². The van der Waals surface area contributed by atoms with Gasteiger partial charge < -0.3 is 15.4 Å². The Bertz CT molecular complexity index is 1200. The van der Waals surface area contributed by atoms with Gasteiger partial charge in [0, 0.05) is 26.3 Å². The number of hydrogen-bond acceptors (Lipinski definition) is 6. The largest absolute Gasteiger partial charge is 0.369 e. The number of hydrazone groups is 1. The van der Waals surface area contributed by atoms with E-state index in [0.717, 1.165) is 23.8 Å². The average Bonchev–Trinajstić information content (AvgIpc) is 3.27. The molecule has 1 aliphatic rings. The molecule has 0 saturated carbocycles. The fraction of sp³-hybridized carbons (Fsp3) is 0.360. The number of hydrogen-bond donors (Lipinski definition) is 2. The Morgan fingerprint density at radius 1 is 1.28 bits per heavy atom. The SMILES string of the molecule is CNC(=NC#N)NCCCC1(c2ccccc2)SC(c2cc(F)ccc2F)=NN1C(=O)C(C)(C)OC. The lowest BCUT2D eigenvalue weighted by Gasteiger charge is -2.39. The zero-order valence-electron chi connectivity index (χ0n) is 20.5. The van der Waals surface area contributed by atoms with E-state index < -0.39 is 28.0 Å². The Kier molecular flexibility index (Phi) is 8.66. The summed E-state index contributed by atoms with van der Waals surface area (Å²) in [5.41, 5.74) is -0.482. The quantitative estimate of drug-likeness (QED) is 0.240. The third-order valence-corrected chi connectivity index (χ3v) is 7.23. The zero-order valence-corrected chi connectivity index (χ0v) is 21.3.